The first-order valence-electron chi connectivity index (χ1n) is 5.10. The number of hydrogen-bond donors (Lipinski definition) is 0. The Labute approximate surface area is 80.0 Å². The van der Waals surface area contributed by atoms with Crippen LogP contribution < -0.4 is 0 Å². The molecule has 1 aliphatic rings. The molecule has 2 nitrogen and oxygen atoms in total. The van der Waals surface area contributed by atoms with Gasteiger partial charge in [0, 0.05) is 5.92 Å². The van der Waals surface area contributed by atoms with E-state index in [0.717, 1.165) is 12.8 Å². The molecule has 0 radical (unpaired) electrons. The third-order valence-corrected chi connectivity index (χ3v) is 2.56. The van der Waals surface area contributed by atoms with Crippen molar-refractivity contribution in [2.75, 3.05) is 0 Å². The highest BCUT2D eigenvalue weighted by molar-refractivity contribution is 5.72. The number of unbranched alkanes of at least 4 members (excludes halogenated alkanes) is 2. The van der Waals surface area contributed by atoms with Crippen molar-refractivity contribution in [1.82, 2.24) is 0 Å². The molecule has 0 aliphatic carbocycles. The summed E-state index contributed by atoms with van der Waals surface area (Å²) in [4.78, 5) is 11.0. The average Bonchev–Trinajstić information content (AvgIpc) is 2.47. The second-order valence-corrected chi connectivity index (χ2v) is 3.63. The van der Waals surface area contributed by atoms with E-state index in [2.05, 4.69) is 13.5 Å². The quantitative estimate of drug-likeness (QED) is 0.371. The van der Waals surface area contributed by atoms with Gasteiger partial charge >= 0.3 is 5.97 Å². The fourth-order valence-electron chi connectivity index (χ4n) is 1.73. The number of carbonyl (C=O) groups is 1. The van der Waals surface area contributed by atoms with Gasteiger partial charge in [0.15, 0.2) is 0 Å². The van der Waals surface area contributed by atoms with Crippen molar-refractivity contribution in [1.29, 1.82) is 0 Å². The van der Waals surface area contributed by atoms with Gasteiger partial charge in [-0.3, -0.25) is 4.79 Å². The van der Waals surface area contributed by atoms with Crippen molar-refractivity contribution in [3.8, 4) is 0 Å². The predicted octanol–water partition coefficient (Wildman–Crippen LogP) is 2.68. The Morgan fingerprint density at radius 2 is 2.38 bits per heavy atom. The first-order chi connectivity index (χ1) is 6.27. The molecule has 2 heteroatoms. The second kappa shape index (κ2) is 5.05. The summed E-state index contributed by atoms with van der Waals surface area (Å²) in [6, 6.07) is 0. The molecule has 13 heavy (non-hydrogen) atoms. The fraction of sp³-hybridized carbons (Fsp3) is 0.727. The van der Waals surface area contributed by atoms with Gasteiger partial charge in [0.1, 0.15) is 6.10 Å². The van der Waals surface area contributed by atoms with E-state index >= 15 is 0 Å². The van der Waals surface area contributed by atoms with Crippen LogP contribution in [-0.2, 0) is 9.53 Å². The lowest BCUT2D eigenvalue weighted by Crippen LogP contribution is -2.13. The Morgan fingerprint density at radius 3 is 3.00 bits per heavy atom. The number of esters is 1. The standard InChI is InChI=1S/C11H18O2/c1-3-5-6-7-10-9(4-2)8-11(12)13-10/h4,9-10H,2-3,5-8H2,1H3/t9-,10+/m1/s1. The molecule has 2 atom stereocenters. The van der Waals surface area contributed by atoms with E-state index in [1.54, 1.807) is 0 Å². The van der Waals surface area contributed by atoms with Crippen LogP contribution in [0.15, 0.2) is 12.7 Å². The van der Waals surface area contributed by atoms with Gasteiger partial charge in [-0.25, -0.2) is 0 Å². The molecule has 1 saturated heterocycles. The van der Waals surface area contributed by atoms with Crippen LogP contribution in [0, 0.1) is 5.92 Å². The van der Waals surface area contributed by atoms with Crippen molar-refractivity contribution in [3.05, 3.63) is 12.7 Å². The monoisotopic (exact) mass is 182 g/mol. The van der Waals surface area contributed by atoms with Crippen molar-refractivity contribution in [2.24, 2.45) is 5.92 Å². The second-order valence-electron chi connectivity index (χ2n) is 3.63. The molecule has 0 spiro atoms. The molecule has 0 saturated carbocycles. The predicted molar refractivity (Wildman–Crippen MR) is 52.3 cm³/mol. The first-order valence-corrected chi connectivity index (χ1v) is 5.10. The van der Waals surface area contributed by atoms with Crippen LogP contribution in [0.2, 0.25) is 0 Å². The van der Waals surface area contributed by atoms with E-state index in [9.17, 15) is 4.79 Å². The van der Waals surface area contributed by atoms with Gasteiger partial charge in [-0.05, 0) is 12.8 Å². The van der Waals surface area contributed by atoms with E-state index in [-0.39, 0.29) is 18.0 Å². The van der Waals surface area contributed by atoms with Crippen molar-refractivity contribution >= 4 is 5.97 Å². The Kier molecular flexibility index (Phi) is 4.00. The normalized spacial score (nSPS) is 27.3. The summed E-state index contributed by atoms with van der Waals surface area (Å²) >= 11 is 0. The summed E-state index contributed by atoms with van der Waals surface area (Å²) < 4.78 is 5.20. The summed E-state index contributed by atoms with van der Waals surface area (Å²) in [5.74, 6) is 0.191. The third-order valence-electron chi connectivity index (χ3n) is 2.56. The van der Waals surface area contributed by atoms with Crippen LogP contribution in [-0.4, -0.2) is 12.1 Å². The zero-order chi connectivity index (χ0) is 9.68. The van der Waals surface area contributed by atoms with E-state index in [1.165, 1.54) is 12.8 Å². The molecule has 0 aromatic carbocycles. The van der Waals surface area contributed by atoms with Gasteiger partial charge in [0.25, 0.3) is 0 Å². The van der Waals surface area contributed by atoms with Crippen molar-refractivity contribution in [2.45, 2.75) is 45.1 Å². The van der Waals surface area contributed by atoms with Gasteiger partial charge in [-0.15, -0.1) is 6.58 Å². The molecule has 0 aromatic heterocycles. The van der Waals surface area contributed by atoms with Crippen LogP contribution in [0.25, 0.3) is 0 Å². The number of ether oxygens (including phenoxy) is 1. The molecular weight excluding hydrogens is 164 g/mol. The molecule has 0 bridgehead atoms. The van der Waals surface area contributed by atoms with Gasteiger partial charge in [0.05, 0.1) is 6.42 Å². The molecule has 1 heterocycles. The highest BCUT2D eigenvalue weighted by atomic mass is 16.5. The van der Waals surface area contributed by atoms with Gasteiger partial charge < -0.3 is 4.74 Å². The molecule has 0 amide bonds. The molecule has 0 aromatic rings. The summed E-state index contributed by atoms with van der Waals surface area (Å²) in [5.41, 5.74) is 0. The highest BCUT2D eigenvalue weighted by Crippen LogP contribution is 2.26. The van der Waals surface area contributed by atoms with Gasteiger partial charge in [0.2, 0.25) is 0 Å². The van der Waals surface area contributed by atoms with Gasteiger partial charge in [-0.1, -0.05) is 25.8 Å². The van der Waals surface area contributed by atoms with Crippen LogP contribution in [0.3, 0.4) is 0 Å². The Hall–Kier alpha value is -0.790. The maximum atomic E-state index is 11.0. The van der Waals surface area contributed by atoms with Crippen LogP contribution in [0.5, 0.6) is 0 Å². The fourth-order valence-corrected chi connectivity index (χ4v) is 1.73. The largest absolute Gasteiger partial charge is 0.462 e. The number of carbonyl (C=O) groups excluding carboxylic acids is 1. The molecule has 0 N–H and O–H groups in total. The van der Waals surface area contributed by atoms with Gasteiger partial charge in [-0.2, -0.15) is 0 Å². The van der Waals surface area contributed by atoms with Crippen LogP contribution >= 0.6 is 0 Å². The summed E-state index contributed by atoms with van der Waals surface area (Å²) in [5, 5.41) is 0. The highest BCUT2D eigenvalue weighted by Gasteiger charge is 2.31. The van der Waals surface area contributed by atoms with Crippen molar-refractivity contribution in [3.63, 3.8) is 0 Å². The minimum absolute atomic E-state index is 0.0635. The Bertz CT molecular complexity index is 187. The SMILES string of the molecule is C=C[C@@H]1CC(=O)O[C@H]1CCCCC. The molecule has 0 unspecified atom stereocenters. The molecule has 1 rings (SSSR count). The topological polar surface area (TPSA) is 26.3 Å². The Balaban J connectivity index is 2.31. The third kappa shape index (κ3) is 2.87. The number of cyclic esters (lactones) is 1. The van der Waals surface area contributed by atoms with E-state index in [1.807, 2.05) is 6.08 Å². The smallest absolute Gasteiger partial charge is 0.306 e. The molecule has 1 aliphatic heterocycles. The lowest BCUT2D eigenvalue weighted by atomic mass is 9.97. The molecular formula is C11H18O2. The van der Waals surface area contributed by atoms with E-state index < -0.39 is 0 Å². The lowest BCUT2D eigenvalue weighted by molar-refractivity contribution is -0.141. The zero-order valence-electron chi connectivity index (χ0n) is 8.29. The minimum atomic E-state index is -0.0635. The maximum Gasteiger partial charge on any atom is 0.306 e. The maximum absolute atomic E-state index is 11.0. The van der Waals surface area contributed by atoms with E-state index in [0.29, 0.717) is 6.42 Å². The average molecular weight is 182 g/mol. The van der Waals surface area contributed by atoms with Crippen molar-refractivity contribution < 1.29 is 9.53 Å². The molecule has 1 fully saturated rings. The van der Waals surface area contributed by atoms with Crippen LogP contribution in [0.1, 0.15) is 39.0 Å². The summed E-state index contributed by atoms with van der Waals surface area (Å²) in [6.45, 7) is 5.90. The zero-order valence-corrected chi connectivity index (χ0v) is 8.29. The van der Waals surface area contributed by atoms with E-state index in [4.69, 9.17) is 4.74 Å². The Morgan fingerprint density at radius 1 is 1.62 bits per heavy atom. The molecule has 74 valence electrons. The lowest BCUT2D eigenvalue weighted by Gasteiger charge is -2.13. The number of rotatable bonds is 5. The first kappa shape index (κ1) is 10.3. The summed E-state index contributed by atoms with van der Waals surface area (Å²) in [7, 11) is 0. The van der Waals surface area contributed by atoms with Crippen LogP contribution in [0.4, 0.5) is 0 Å². The minimum Gasteiger partial charge on any atom is -0.462 e. The number of hydrogen-bond acceptors (Lipinski definition) is 2. The summed E-state index contributed by atoms with van der Waals surface area (Å²) in [6.07, 6.45) is 7.06.